The lowest BCUT2D eigenvalue weighted by Gasteiger charge is -1.94. The molecule has 0 bridgehead atoms. The molecule has 0 atom stereocenters. The Hall–Kier alpha value is -2.63. The van der Waals surface area contributed by atoms with E-state index in [1.807, 2.05) is 12.1 Å². The number of rotatable bonds is 2. The summed E-state index contributed by atoms with van der Waals surface area (Å²) in [5.74, 6) is 1.54. The molecule has 3 aromatic rings. The van der Waals surface area contributed by atoms with Gasteiger partial charge in [0, 0.05) is 11.3 Å². The predicted octanol–water partition coefficient (Wildman–Crippen LogP) is 2.28. The fourth-order valence-electron chi connectivity index (χ4n) is 1.59. The lowest BCUT2D eigenvalue weighted by molar-refractivity contribution is 0.395. The van der Waals surface area contributed by atoms with Crippen molar-refractivity contribution in [1.29, 1.82) is 0 Å². The van der Waals surface area contributed by atoms with E-state index in [1.54, 1.807) is 25.3 Å². The molecule has 3 rings (SSSR count). The van der Waals surface area contributed by atoms with Crippen LogP contribution in [-0.4, -0.2) is 15.3 Å². The Kier molecular flexibility index (Phi) is 2.33. The maximum atomic E-state index is 5.62. The minimum atomic E-state index is 0.389. The minimum absolute atomic E-state index is 0.389. The molecular weight excluding hydrogens is 232 g/mol. The van der Waals surface area contributed by atoms with Crippen LogP contribution in [0.3, 0.4) is 0 Å². The van der Waals surface area contributed by atoms with Gasteiger partial charge in [0.05, 0.1) is 6.20 Å². The van der Waals surface area contributed by atoms with Crippen molar-refractivity contribution in [1.82, 2.24) is 15.3 Å². The highest BCUT2D eigenvalue weighted by molar-refractivity contribution is 5.61. The Morgan fingerprint density at radius 3 is 2.56 bits per heavy atom. The highest BCUT2D eigenvalue weighted by Crippen LogP contribution is 2.24. The molecule has 0 unspecified atom stereocenters. The van der Waals surface area contributed by atoms with Crippen LogP contribution in [0.25, 0.3) is 22.8 Å². The van der Waals surface area contributed by atoms with Crippen molar-refractivity contribution in [2.75, 3.05) is 5.73 Å². The molecule has 2 N–H and O–H groups in total. The van der Waals surface area contributed by atoms with Gasteiger partial charge in [-0.3, -0.25) is 0 Å². The van der Waals surface area contributed by atoms with Gasteiger partial charge in [0.1, 0.15) is 11.3 Å². The highest BCUT2D eigenvalue weighted by Gasteiger charge is 2.15. The van der Waals surface area contributed by atoms with Gasteiger partial charge in [0.15, 0.2) is 0 Å². The zero-order valence-electron chi connectivity index (χ0n) is 9.62. The van der Waals surface area contributed by atoms with Gasteiger partial charge in [0.25, 0.3) is 5.89 Å². The Morgan fingerprint density at radius 2 is 1.89 bits per heavy atom. The van der Waals surface area contributed by atoms with Gasteiger partial charge in [-0.25, -0.2) is 0 Å². The van der Waals surface area contributed by atoms with Crippen LogP contribution >= 0.6 is 0 Å². The van der Waals surface area contributed by atoms with Crippen molar-refractivity contribution in [2.24, 2.45) is 0 Å². The summed E-state index contributed by atoms with van der Waals surface area (Å²) in [4.78, 5) is 4.29. The van der Waals surface area contributed by atoms with E-state index in [0.717, 1.165) is 5.56 Å². The number of anilines is 1. The van der Waals surface area contributed by atoms with E-state index >= 15 is 0 Å². The largest absolute Gasteiger partial charge is 0.399 e. The highest BCUT2D eigenvalue weighted by atomic mass is 16.5. The molecule has 0 spiro atoms. The first-order valence-corrected chi connectivity index (χ1v) is 5.35. The van der Waals surface area contributed by atoms with Gasteiger partial charge < -0.3 is 14.8 Å². The standard InChI is InChI=1S/C12H10N4O2/c1-7-10(6-14-17-7)12-15-11(16-18-12)8-2-4-9(13)5-3-8/h2-6H,13H2,1H3. The first-order valence-electron chi connectivity index (χ1n) is 5.35. The summed E-state index contributed by atoms with van der Waals surface area (Å²) in [6.07, 6.45) is 1.55. The van der Waals surface area contributed by atoms with Crippen molar-refractivity contribution in [2.45, 2.75) is 6.92 Å². The molecule has 0 aliphatic rings. The Bertz CT molecular complexity index is 669. The molecule has 0 radical (unpaired) electrons. The van der Waals surface area contributed by atoms with E-state index in [2.05, 4.69) is 15.3 Å². The van der Waals surface area contributed by atoms with E-state index in [0.29, 0.717) is 28.7 Å². The molecule has 0 saturated carbocycles. The van der Waals surface area contributed by atoms with Crippen LogP contribution in [0.1, 0.15) is 5.76 Å². The van der Waals surface area contributed by atoms with E-state index in [1.165, 1.54) is 0 Å². The van der Waals surface area contributed by atoms with Crippen LogP contribution < -0.4 is 5.73 Å². The second-order valence-electron chi connectivity index (χ2n) is 3.84. The molecule has 90 valence electrons. The molecule has 6 heteroatoms. The summed E-state index contributed by atoms with van der Waals surface area (Å²) in [6, 6.07) is 7.25. The molecule has 2 aromatic heterocycles. The topological polar surface area (TPSA) is 91.0 Å². The van der Waals surface area contributed by atoms with Gasteiger partial charge >= 0.3 is 0 Å². The number of benzene rings is 1. The molecule has 0 aliphatic carbocycles. The quantitative estimate of drug-likeness (QED) is 0.693. The lowest BCUT2D eigenvalue weighted by Crippen LogP contribution is -1.85. The van der Waals surface area contributed by atoms with E-state index in [9.17, 15) is 0 Å². The predicted molar refractivity (Wildman–Crippen MR) is 64.4 cm³/mol. The second kappa shape index (κ2) is 3.99. The third-order valence-corrected chi connectivity index (χ3v) is 2.58. The first-order chi connectivity index (χ1) is 8.74. The van der Waals surface area contributed by atoms with Crippen LogP contribution in [-0.2, 0) is 0 Å². The van der Waals surface area contributed by atoms with Crippen molar-refractivity contribution in [3.63, 3.8) is 0 Å². The summed E-state index contributed by atoms with van der Waals surface area (Å²) in [5, 5.41) is 7.59. The summed E-state index contributed by atoms with van der Waals surface area (Å²) in [6.45, 7) is 1.79. The number of aromatic nitrogens is 3. The van der Waals surface area contributed by atoms with Gasteiger partial charge in [-0.15, -0.1) is 0 Å². The molecule has 6 nitrogen and oxygen atoms in total. The van der Waals surface area contributed by atoms with Crippen molar-refractivity contribution >= 4 is 5.69 Å². The molecule has 18 heavy (non-hydrogen) atoms. The van der Waals surface area contributed by atoms with Crippen molar-refractivity contribution in [3.05, 3.63) is 36.2 Å². The van der Waals surface area contributed by atoms with Gasteiger partial charge in [-0.2, -0.15) is 4.98 Å². The molecule has 0 amide bonds. The third kappa shape index (κ3) is 1.73. The van der Waals surface area contributed by atoms with Crippen LogP contribution in [0, 0.1) is 6.92 Å². The Labute approximate surface area is 102 Å². The van der Waals surface area contributed by atoms with Crippen LogP contribution in [0.2, 0.25) is 0 Å². The number of nitrogen functional groups attached to an aromatic ring is 1. The summed E-state index contributed by atoms with van der Waals surface area (Å²) < 4.78 is 10.1. The second-order valence-corrected chi connectivity index (χ2v) is 3.84. The van der Waals surface area contributed by atoms with E-state index < -0.39 is 0 Å². The number of nitrogens with zero attached hydrogens (tertiary/aromatic N) is 3. The first kappa shape index (κ1) is 10.5. The Balaban J connectivity index is 1.99. The maximum Gasteiger partial charge on any atom is 0.263 e. The summed E-state index contributed by atoms with van der Waals surface area (Å²) >= 11 is 0. The minimum Gasteiger partial charge on any atom is -0.399 e. The maximum absolute atomic E-state index is 5.62. The van der Waals surface area contributed by atoms with Gasteiger partial charge in [0.2, 0.25) is 5.82 Å². The smallest absolute Gasteiger partial charge is 0.263 e. The normalized spacial score (nSPS) is 10.7. The van der Waals surface area contributed by atoms with Crippen LogP contribution in [0.4, 0.5) is 5.69 Å². The molecule has 1 aromatic carbocycles. The molecular formula is C12H10N4O2. The van der Waals surface area contributed by atoms with E-state index in [4.69, 9.17) is 14.8 Å². The van der Waals surface area contributed by atoms with Crippen LogP contribution in [0.5, 0.6) is 0 Å². The van der Waals surface area contributed by atoms with Gasteiger partial charge in [-0.1, -0.05) is 10.3 Å². The fraction of sp³-hybridized carbons (Fsp3) is 0.0833. The molecule has 0 saturated heterocycles. The number of hydrogen-bond donors (Lipinski definition) is 1. The van der Waals surface area contributed by atoms with Crippen molar-refractivity contribution < 1.29 is 9.05 Å². The average molecular weight is 242 g/mol. The number of aryl methyl sites for hydroxylation is 1. The summed E-state index contributed by atoms with van der Waals surface area (Å²) in [5.41, 5.74) is 7.85. The average Bonchev–Trinajstić information content (AvgIpc) is 2.98. The molecule has 2 heterocycles. The lowest BCUT2D eigenvalue weighted by atomic mass is 10.2. The summed E-state index contributed by atoms with van der Waals surface area (Å²) in [7, 11) is 0. The van der Waals surface area contributed by atoms with Crippen molar-refractivity contribution in [3.8, 4) is 22.8 Å². The number of nitrogens with two attached hydrogens (primary N) is 1. The zero-order chi connectivity index (χ0) is 12.5. The molecule has 0 fully saturated rings. The Morgan fingerprint density at radius 1 is 1.11 bits per heavy atom. The fourth-order valence-corrected chi connectivity index (χ4v) is 1.59. The van der Waals surface area contributed by atoms with Gasteiger partial charge in [-0.05, 0) is 31.2 Å². The monoisotopic (exact) mass is 242 g/mol. The molecule has 0 aliphatic heterocycles. The SMILES string of the molecule is Cc1oncc1-c1nc(-c2ccc(N)cc2)no1. The third-order valence-electron chi connectivity index (χ3n) is 2.58. The van der Waals surface area contributed by atoms with Crippen LogP contribution in [0.15, 0.2) is 39.5 Å². The zero-order valence-corrected chi connectivity index (χ0v) is 9.62. The van der Waals surface area contributed by atoms with E-state index in [-0.39, 0.29) is 0 Å². The number of hydrogen-bond acceptors (Lipinski definition) is 6.